The minimum Gasteiger partial charge on any atom is -0.543 e. The third-order valence-electron chi connectivity index (χ3n) is 1.33. The topological polar surface area (TPSA) is 83.0 Å². The van der Waals surface area contributed by atoms with Gasteiger partial charge in [0.25, 0.3) is 0 Å². The summed E-state index contributed by atoms with van der Waals surface area (Å²) in [7, 11) is 1.59. The van der Waals surface area contributed by atoms with Gasteiger partial charge in [0.05, 0.1) is 38.0 Å². The van der Waals surface area contributed by atoms with Crippen LogP contribution in [-0.4, -0.2) is 45.2 Å². The molecule has 0 atom stereocenters. The molecule has 0 spiro atoms. The van der Waals surface area contributed by atoms with E-state index in [1.165, 1.54) is 6.92 Å². The molecule has 6 nitrogen and oxygen atoms in total. The van der Waals surface area contributed by atoms with Crippen LogP contribution < -0.4 is 40.1 Å². The number of rotatable bonds is 8. The number of carboxylic acids is 1. The Morgan fingerprint density at radius 2 is 2.07 bits per heavy atom. The van der Waals surface area contributed by atoms with Crippen molar-refractivity contribution in [1.82, 2.24) is 5.43 Å². The van der Waals surface area contributed by atoms with Crippen LogP contribution in [0, 0.1) is 0 Å². The molecule has 0 aliphatic rings. The van der Waals surface area contributed by atoms with Gasteiger partial charge in [-0.25, -0.2) is 0 Å². The van der Waals surface area contributed by atoms with E-state index in [9.17, 15) is 9.90 Å². The molecule has 82 valence electrons. The summed E-state index contributed by atoms with van der Waals surface area (Å²) in [6, 6.07) is 0. The van der Waals surface area contributed by atoms with Crippen molar-refractivity contribution in [3.63, 3.8) is 0 Å². The standard InChI is InChI=1S/C8H16N2O4.Na/c1-7(8(11)12)10-9-3-4-14-6-5-13-2;/h9H,3-6H2,1-2H3,(H,11,12);/q;+1/p-1. The van der Waals surface area contributed by atoms with Crippen LogP contribution in [0.1, 0.15) is 6.92 Å². The van der Waals surface area contributed by atoms with Gasteiger partial charge >= 0.3 is 29.6 Å². The molecule has 0 aromatic rings. The zero-order chi connectivity index (χ0) is 10.8. The second-order valence-electron chi connectivity index (χ2n) is 2.50. The van der Waals surface area contributed by atoms with Gasteiger partial charge in [0.15, 0.2) is 0 Å². The fraction of sp³-hybridized carbons (Fsp3) is 0.750. The Morgan fingerprint density at radius 3 is 2.60 bits per heavy atom. The average Bonchev–Trinajstić information content (AvgIpc) is 2.16. The molecule has 0 unspecified atom stereocenters. The normalized spacial score (nSPS) is 10.7. The van der Waals surface area contributed by atoms with Gasteiger partial charge in [-0.2, -0.15) is 5.10 Å². The van der Waals surface area contributed by atoms with Gasteiger partial charge in [-0.1, -0.05) is 0 Å². The van der Waals surface area contributed by atoms with E-state index in [1.54, 1.807) is 7.11 Å². The number of aliphatic carboxylic acids is 1. The largest absolute Gasteiger partial charge is 1.00 e. The van der Waals surface area contributed by atoms with Gasteiger partial charge in [-0.05, 0) is 6.92 Å². The second kappa shape index (κ2) is 11.9. The van der Waals surface area contributed by atoms with Crippen LogP contribution in [0.4, 0.5) is 0 Å². The maximum absolute atomic E-state index is 10.2. The van der Waals surface area contributed by atoms with Crippen molar-refractivity contribution in [3.05, 3.63) is 0 Å². The molecule has 0 saturated carbocycles. The number of methoxy groups -OCH3 is 1. The Labute approximate surface area is 111 Å². The molecule has 0 bridgehead atoms. The van der Waals surface area contributed by atoms with Crippen LogP contribution in [0.5, 0.6) is 0 Å². The average molecular weight is 226 g/mol. The molecule has 0 rings (SSSR count). The molecule has 15 heavy (non-hydrogen) atoms. The van der Waals surface area contributed by atoms with Gasteiger partial charge in [0.1, 0.15) is 0 Å². The van der Waals surface area contributed by atoms with E-state index in [0.29, 0.717) is 26.4 Å². The zero-order valence-corrected chi connectivity index (χ0v) is 11.4. The Balaban J connectivity index is 0. The van der Waals surface area contributed by atoms with Gasteiger partial charge in [0.2, 0.25) is 0 Å². The maximum atomic E-state index is 10.2. The molecule has 0 heterocycles. The first-order valence-electron chi connectivity index (χ1n) is 4.23. The predicted octanol–water partition coefficient (Wildman–Crippen LogP) is -4.63. The summed E-state index contributed by atoms with van der Waals surface area (Å²) >= 11 is 0. The van der Waals surface area contributed by atoms with Crippen molar-refractivity contribution in [2.45, 2.75) is 6.92 Å². The van der Waals surface area contributed by atoms with Crippen molar-refractivity contribution in [2.75, 3.05) is 33.5 Å². The van der Waals surface area contributed by atoms with E-state index in [1.807, 2.05) is 0 Å². The Kier molecular flexibility index (Phi) is 13.7. The van der Waals surface area contributed by atoms with Gasteiger partial charge in [0, 0.05) is 7.11 Å². The quantitative estimate of drug-likeness (QED) is 0.195. The SMILES string of the molecule is COCCOCCNN=C(C)C(=O)[O-].[Na+]. The van der Waals surface area contributed by atoms with Crippen molar-refractivity contribution >= 4 is 11.7 Å². The fourth-order valence-corrected chi connectivity index (χ4v) is 0.582. The maximum Gasteiger partial charge on any atom is 1.00 e. The number of hydrazone groups is 1. The van der Waals surface area contributed by atoms with E-state index >= 15 is 0 Å². The summed E-state index contributed by atoms with van der Waals surface area (Å²) in [5.74, 6) is -1.28. The summed E-state index contributed by atoms with van der Waals surface area (Å²) in [6.45, 7) is 3.32. The summed E-state index contributed by atoms with van der Waals surface area (Å²) in [5, 5.41) is 13.7. The predicted molar refractivity (Wildman–Crippen MR) is 48.8 cm³/mol. The molecular formula is C8H15N2NaO4. The van der Waals surface area contributed by atoms with Crippen LogP contribution in [-0.2, 0) is 14.3 Å². The van der Waals surface area contributed by atoms with Crippen LogP contribution >= 0.6 is 0 Å². The van der Waals surface area contributed by atoms with Crippen LogP contribution in [0.3, 0.4) is 0 Å². The Bertz CT molecular complexity index is 199. The van der Waals surface area contributed by atoms with Gasteiger partial charge < -0.3 is 24.8 Å². The van der Waals surface area contributed by atoms with E-state index in [2.05, 4.69) is 10.5 Å². The monoisotopic (exact) mass is 226 g/mol. The van der Waals surface area contributed by atoms with Crippen LogP contribution in [0.2, 0.25) is 0 Å². The van der Waals surface area contributed by atoms with Crippen molar-refractivity contribution in [3.8, 4) is 0 Å². The summed E-state index contributed by atoms with van der Waals surface area (Å²) < 4.78 is 9.86. The molecule has 0 aliphatic carbocycles. The van der Waals surface area contributed by atoms with E-state index < -0.39 is 5.97 Å². The number of carboxylic acid groups (broad SMARTS) is 1. The van der Waals surface area contributed by atoms with Gasteiger partial charge in [-0.15, -0.1) is 0 Å². The van der Waals surface area contributed by atoms with Crippen molar-refractivity contribution in [2.24, 2.45) is 5.10 Å². The smallest absolute Gasteiger partial charge is 0.543 e. The van der Waals surface area contributed by atoms with Crippen molar-refractivity contribution in [1.29, 1.82) is 0 Å². The number of nitrogens with one attached hydrogen (secondary N) is 1. The second-order valence-corrected chi connectivity index (χ2v) is 2.50. The number of carbonyl (C=O) groups is 1. The Morgan fingerprint density at radius 1 is 1.40 bits per heavy atom. The van der Waals surface area contributed by atoms with E-state index in [4.69, 9.17) is 9.47 Å². The first kappa shape index (κ1) is 17.3. The first-order valence-corrected chi connectivity index (χ1v) is 4.23. The molecule has 0 radical (unpaired) electrons. The van der Waals surface area contributed by atoms with Crippen LogP contribution in [0.15, 0.2) is 5.10 Å². The third kappa shape index (κ3) is 11.8. The molecule has 0 saturated heterocycles. The summed E-state index contributed by atoms with van der Waals surface area (Å²) in [5.41, 5.74) is 2.46. The van der Waals surface area contributed by atoms with Gasteiger partial charge in [-0.3, -0.25) is 0 Å². The van der Waals surface area contributed by atoms with Crippen molar-refractivity contribution < 1.29 is 48.9 Å². The minimum absolute atomic E-state index is 0. The fourth-order valence-electron chi connectivity index (χ4n) is 0.582. The van der Waals surface area contributed by atoms with E-state index in [-0.39, 0.29) is 35.3 Å². The number of hydrogen-bond acceptors (Lipinski definition) is 6. The zero-order valence-electron chi connectivity index (χ0n) is 9.41. The first-order chi connectivity index (χ1) is 6.68. The third-order valence-corrected chi connectivity index (χ3v) is 1.33. The molecule has 7 heteroatoms. The van der Waals surface area contributed by atoms with Crippen LogP contribution in [0.25, 0.3) is 0 Å². The molecule has 0 aromatic carbocycles. The summed E-state index contributed by atoms with van der Waals surface area (Å²) in [6.07, 6.45) is 0. The Hall–Kier alpha value is -0.140. The molecular weight excluding hydrogens is 211 g/mol. The molecule has 1 N–H and O–H groups in total. The number of carbonyl (C=O) groups excluding carboxylic acids is 1. The minimum atomic E-state index is -1.28. The number of ether oxygens (including phenoxy) is 2. The van der Waals surface area contributed by atoms with E-state index in [0.717, 1.165) is 0 Å². The molecule has 0 aliphatic heterocycles. The molecule has 0 aromatic heterocycles. The molecule has 0 amide bonds. The number of hydrogen-bond donors (Lipinski definition) is 1. The summed E-state index contributed by atoms with van der Waals surface area (Å²) in [4.78, 5) is 10.2. The molecule has 0 fully saturated rings. The number of nitrogens with zero attached hydrogens (tertiary/aromatic N) is 1.